The van der Waals surface area contributed by atoms with Crippen LogP contribution in [0.5, 0.6) is 5.75 Å². The van der Waals surface area contributed by atoms with Gasteiger partial charge in [-0.05, 0) is 32.0 Å². The van der Waals surface area contributed by atoms with E-state index in [1.807, 2.05) is 34.6 Å². The maximum Gasteiger partial charge on any atom is 0.255 e. The highest BCUT2D eigenvalue weighted by molar-refractivity contribution is 6.04. The molecule has 146 valence electrons. The molecule has 0 unspecified atom stereocenters. The monoisotopic (exact) mass is 380 g/mol. The number of hydrogen-bond acceptors (Lipinski definition) is 6. The van der Waals surface area contributed by atoms with Crippen LogP contribution in [0.25, 0.3) is 0 Å². The summed E-state index contributed by atoms with van der Waals surface area (Å²) in [6.45, 7) is 10.1. The standard InChI is InChI=1S/C21H24N4O3/c1-13-18(14(2)28-25-13)12-27-17-8-6-7-15(9-17)19(26)24-16-10-22-20(23-11-16)21(3,4)5/h6-11H,12H2,1-5H3,(H,24,26). The van der Waals surface area contributed by atoms with Crippen molar-refractivity contribution < 1.29 is 14.1 Å². The summed E-state index contributed by atoms with van der Waals surface area (Å²) in [5.74, 6) is 1.78. The van der Waals surface area contributed by atoms with Crippen molar-refractivity contribution in [2.75, 3.05) is 5.32 Å². The molecule has 0 aliphatic carbocycles. The summed E-state index contributed by atoms with van der Waals surface area (Å²) in [4.78, 5) is 21.2. The molecule has 2 heterocycles. The molecule has 0 fully saturated rings. The minimum absolute atomic E-state index is 0.143. The van der Waals surface area contributed by atoms with E-state index in [-0.39, 0.29) is 11.3 Å². The Bertz CT molecular complexity index is 953. The Balaban J connectivity index is 1.67. The second-order valence-corrected chi connectivity index (χ2v) is 7.62. The zero-order valence-electron chi connectivity index (χ0n) is 16.7. The Morgan fingerprint density at radius 3 is 2.50 bits per heavy atom. The topological polar surface area (TPSA) is 90.1 Å². The fraction of sp³-hybridized carbons (Fsp3) is 0.333. The van der Waals surface area contributed by atoms with Crippen LogP contribution in [-0.4, -0.2) is 21.0 Å². The normalized spacial score (nSPS) is 11.3. The first kappa shape index (κ1) is 19.5. The zero-order chi connectivity index (χ0) is 20.3. The fourth-order valence-electron chi connectivity index (χ4n) is 2.57. The molecule has 0 aliphatic rings. The highest BCUT2D eigenvalue weighted by Crippen LogP contribution is 2.20. The van der Waals surface area contributed by atoms with E-state index in [0.29, 0.717) is 23.6 Å². The smallest absolute Gasteiger partial charge is 0.255 e. The van der Waals surface area contributed by atoms with Crippen LogP contribution in [-0.2, 0) is 12.0 Å². The largest absolute Gasteiger partial charge is 0.489 e. The van der Waals surface area contributed by atoms with Crippen molar-refractivity contribution in [1.82, 2.24) is 15.1 Å². The Morgan fingerprint density at radius 2 is 1.89 bits per heavy atom. The molecule has 7 heteroatoms. The van der Waals surface area contributed by atoms with Gasteiger partial charge in [-0.2, -0.15) is 0 Å². The molecule has 7 nitrogen and oxygen atoms in total. The number of hydrogen-bond donors (Lipinski definition) is 1. The van der Waals surface area contributed by atoms with E-state index in [9.17, 15) is 4.79 Å². The molecule has 1 N–H and O–H groups in total. The molecule has 0 bridgehead atoms. The van der Waals surface area contributed by atoms with Crippen molar-refractivity contribution in [2.24, 2.45) is 0 Å². The van der Waals surface area contributed by atoms with Gasteiger partial charge in [0, 0.05) is 11.0 Å². The molecule has 2 aromatic heterocycles. The van der Waals surface area contributed by atoms with Crippen LogP contribution in [0.3, 0.4) is 0 Å². The molecule has 3 aromatic rings. The van der Waals surface area contributed by atoms with Crippen LogP contribution in [0.1, 0.15) is 54.0 Å². The second-order valence-electron chi connectivity index (χ2n) is 7.62. The van der Waals surface area contributed by atoms with Gasteiger partial charge in [-0.15, -0.1) is 0 Å². The van der Waals surface area contributed by atoms with Gasteiger partial charge in [-0.3, -0.25) is 4.79 Å². The predicted molar refractivity (Wildman–Crippen MR) is 105 cm³/mol. The third-order valence-electron chi connectivity index (χ3n) is 4.24. The Labute approximate surface area is 164 Å². The molecule has 0 aliphatic heterocycles. The van der Waals surface area contributed by atoms with Gasteiger partial charge in [0.2, 0.25) is 0 Å². The van der Waals surface area contributed by atoms with Gasteiger partial charge in [-0.1, -0.05) is 32.0 Å². The maximum absolute atomic E-state index is 12.5. The third kappa shape index (κ3) is 4.54. The Kier molecular flexibility index (Phi) is 5.44. The molecule has 1 aromatic carbocycles. The number of carbonyl (C=O) groups excluding carboxylic acids is 1. The average Bonchev–Trinajstić information content (AvgIpc) is 2.98. The van der Waals surface area contributed by atoms with Gasteiger partial charge in [0.15, 0.2) is 0 Å². The minimum atomic E-state index is -0.255. The van der Waals surface area contributed by atoms with Crippen LogP contribution in [0.2, 0.25) is 0 Å². The van der Waals surface area contributed by atoms with Crippen molar-refractivity contribution in [3.05, 3.63) is 65.1 Å². The van der Waals surface area contributed by atoms with Crippen molar-refractivity contribution in [3.63, 3.8) is 0 Å². The molecular weight excluding hydrogens is 356 g/mol. The van der Waals surface area contributed by atoms with E-state index < -0.39 is 0 Å². The summed E-state index contributed by atoms with van der Waals surface area (Å²) in [5.41, 5.74) is 2.59. The number of aromatic nitrogens is 3. The van der Waals surface area contributed by atoms with Crippen LogP contribution in [0, 0.1) is 13.8 Å². The summed E-state index contributed by atoms with van der Waals surface area (Å²) in [6.07, 6.45) is 3.23. The van der Waals surface area contributed by atoms with E-state index in [1.54, 1.807) is 36.7 Å². The summed E-state index contributed by atoms with van der Waals surface area (Å²) < 4.78 is 10.9. The number of nitrogens with one attached hydrogen (secondary N) is 1. The molecular formula is C21H24N4O3. The maximum atomic E-state index is 12.5. The number of nitrogens with zero attached hydrogens (tertiary/aromatic N) is 3. The lowest BCUT2D eigenvalue weighted by Gasteiger charge is -2.16. The zero-order valence-corrected chi connectivity index (χ0v) is 16.7. The van der Waals surface area contributed by atoms with Crippen LogP contribution in [0.15, 0.2) is 41.2 Å². The Morgan fingerprint density at radius 1 is 1.18 bits per heavy atom. The second kappa shape index (κ2) is 7.80. The summed E-state index contributed by atoms with van der Waals surface area (Å²) in [7, 11) is 0. The highest BCUT2D eigenvalue weighted by Gasteiger charge is 2.17. The van der Waals surface area contributed by atoms with Crippen LogP contribution >= 0.6 is 0 Å². The molecule has 0 radical (unpaired) electrons. The Hall–Kier alpha value is -3.22. The first-order valence-corrected chi connectivity index (χ1v) is 9.02. The SMILES string of the molecule is Cc1noc(C)c1COc1cccc(C(=O)Nc2cnc(C(C)(C)C)nc2)c1. The first-order valence-electron chi connectivity index (χ1n) is 9.02. The van der Waals surface area contributed by atoms with Crippen molar-refractivity contribution in [3.8, 4) is 5.75 Å². The molecule has 0 saturated carbocycles. The number of rotatable bonds is 5. The van der Waals surface area contributed by atoms with Crippen molar-refractivity contribution >= 4 is 11.6 Å². The third-order valence-corrected chi connectivity index (χ3v) is 4.24. The van der Waals surface area contributed by atoms with Gasteiger partial charge < -0.3 is 14.6 Å². The van der Waals surface area contributed by atoms with Gasteiger partial charge >= 0.3 is 0 Å². The van der Waals surface area contributed by atoms with Gasteiger partial charge in [0.25, 0.3) is 5.91 Å². The lowest BCUT2D eigenvalue weighted by Crippen LogP contribution is -2.17. The van der Waals surface area contributed by atoms with Crippen molar-refractivity contribution in [1.29, 1.82) is 0 Å². The van der Waals surface area contributed by atoms with E-state index in [4.69, 9.17) is 9.26 Å². The number of carbonyl (C=O) groups is 1. The lowest BCUT2D eigenvalue weighted by molar-refractivity contribution is 0.102. The average molecular weight is 380 g/mol. The summed E-state index contributed by atoms with van der Waals surface area (Å²) in [6, 6.07) is 6.99. The van der Waals surface area contributed by atoms with Gasteiger partial charge in [0.1, 0.15) is 23.9 Å². The molecule has 1 amide bonds. The molecule has 0 saturated heterocycles. The first-order chi connectivity index (χ1) is 13.2. The summed E-state index contributed by atoms with van der Waals surface area (Å²) >= 11 is 0. The molecule has 0 atom stereocenters. The van der Waals surface area contributed by atoms with E-state index in [2.05, 4.69) is 20.4 Å². The number of ether oxygens (including phenoxy) is 1. The summed E-state index contributed by atoms with van der Waals surface area (Å²) in [5, 5.41) is 6.72. The number of aryl methyl sites for hydroxylation is 2. The van der Waals surface area contributed by atoms with Gasteiger partial charge in [-0.25, -0.2) is 9.97 Å². The highest BCUT2D eigenvalue weighted by atomic mass is 16.5. The number of anilines is 1. The van der Waals surface area contributed by atoms with E-state index >= 15 is 0 Å². The van der Waals surface area contributed by atoms with Crippen molar-refractivity contribution in [2.45, 2.75) is 46.6 Å². The predicted octanol–water partition coefficient (Wildman–Crippen LogP) is 4.21. The quantitative estimate of drug-likeness (QED) is 0.713. The fourth-order valence-corrected chi connectivity index (χ4v) is 2.57. The van der Waals surface area contributed by atoms with E-state index in [1.165, 1.54) is 0 Å². The van der Waals surface area contributed by atoms with Gasteiger partial charge in [0.05, 0.1) is 29.3 Å². The minimum Gasteiger partial charge on any atom is -0.489 e. The lowest BCUT2D eigenvalue weighted by atomic mass is 9.96. The molecule has 0 spiro atoms. The molecule has 3 rings (SSSR count). The van der Waals surface area contributed by atoms with Crippen LogP contribution < -0.4 is 10.1 Å². The van der Waals surface area contributed by atoms with Crippen LogP contribution in [0.4, 0.5) is 5.69 Å². The number of amides is 1. The number of benzene rings is 1. The molecule has 28 heavy (non-hydrogen) atoms. The van der Waals surface area contributed by atoms with E-state index in [0.717, 1.165) is 22.8 Å².